The Kier molecular flexibility index (Phi) is 50.3. The van der Waals surface area contributed by atoms with Crippen LogP contribution in [0.2, 0.25) is 0 Å². The van der Waals surface area contributed by atoms with Crippen molar-refractivity contribution in [1.29, 1.82) is 0 Å². The van der Waals surface area contributed by atoms with Gasteiger partial charge in [0.05, 0.1) is 0 Å². The molecule has 2 heteroatoms. The van der Waals surface area contributed by atoms with E-state index in [9.17, 15) is 0 Å². The number of hydrogen-bond donors (Lipinski definition) is 0. The Bertz CT molecular complexity index is 475. The van der Waals surface area contributed by atoms with Crippen LogP contribution in [-0.4, -0.2) is 0 Å². The van der Waals surface area contributed by atoms with Crippen LogP contribution < -0.4 is 0 Å². The van der Waals surface area contributed by atoms with Gasteiger partial charge in [0.15, 0.2) is 0 Å². The summed E-state index contributed by atoms with van der Waals surface area (Å²) in [6.45, 7) is 16.1. The molecule has 0 heterocycles. The van der Waals surface area contributed by atoms with Crippen LogP contribution in [0.25, 0.3) is 0 Å². The van der Waals surface area contributed by atoms with Crippen molar-refractivity contribution < 1.29 is 49.7 Å². The van der Waals surface area contributed by atoms with Gasteiger partial charge in [-0.3, -0.25) is 24.3 Å². The Morgan fingerprint density at radius 2 is 0.607 bits per heavy atom. The molecule has 0 saturated carbocycles. The molecule has 0 bridgehead atoms. The van der Waals surface area contributed by atoms with E-state index in [4.69, 9.17) is 0 Å². The predicted octanol–water partition coefficient (Wildman–Crippen LogP) is 7.95. The molecule has 0 nitrogen and oxygen atoms in total. The Hall–Kier alpha value is -0.704. The van der Waals surface area contributed by atoms with Crippen molar-refractivity contribution in [2.45, 2.75) is 55.4 Å². The average molecular weight is 638 g/mol. The monoisotopic (exact) mass is 637 g/mol. The Balaban J connectivity index is -0.0000000809. The van der Waals surface area contributed by atoms with E-state index in [1.54, 1.807) is 0 Å². The van der Waals surface area contributed by atoms with Gasteiger partial charge in [-0.2, -0.15) is 71.8 Å². The zero-order chi connectivity index (χ0) is 20.5. The van der Waals surface area contributed by atoms with Crippen LogP contribution in [-0.2, 0) is 18.6 Å². The summed E-state index contributed by atoms with van der Waals surface area (Å²) in [5.41, 5.74) is 2.58. The molecule has 3 rings (SSSR count). The summed E-state index contributed by atoms with van der Waals surface area (Å²) >= 11 is 0. The first-order chi connectivity index (χ1) is 12.8. The fourth-order valence-electron chi connectivity index (χ4n) is 1.24. The molecular weight excluding hydrogens is 601 g/mol. The van der Waals surface area contributed by atoms with Gasteiger partial charge < -0.3 is 12.1 Å². The minimum absolute atomic E-state index is 0. The predicted molar refractivity (Wildman–Crippen MR) is 118 cm³/mol. The molecule has 3 aromatic rings. The molecule has 0 unspecified atom stereocenters. The van der Waals surface area contributed by atoms with Crippen molar-refractivity contribution in [1.82, 2.24) is 0 Å². The van der Waals surface area contributed by atoms with Gasteiger partial charge in [-0.1, -0.05) is 55.4 Å². The zero-order valence-electron chi connectivity index (χ0n) is 18.9. The maximum absolute atomic E-state index is 2.93. The number of rotatable bonds is 0. The van der Waals surface area contributed by atoms with Crippen molar-refractivity contribution in [3.63, 3.8) is 0 Å². The Morgan fingerprint density at radius 3 is 0.714 bits per heavy atom. The molecule has 3 aromatic carbocycles. The van der Waals surface area contributed by atoms with Crippen LogP contribution in [0.3, 0.4) is 0 Å². The molecule has 0 aliphatic rings. The van der Waals surface area contributed by atoms with Crippen LogP contribution in [0.1, 0.15) is 52.7 Å². The first-order valence-corrected chi connectivity index (χ1v) is 9.46. The fourth-order valence-corrected chi connectivity index (χ4v) is 1.24. The van der Waals surface area contributed by atoms with E-state index in [0.29, 0.717) is 0 Å². The molecular formula is C26H36UV. The summed E-state index contributed by atoms with van der Waals surface area (Å²) in [5.74, 6) is 0. The van der Waals surface area contributed by atoms with Gasteiger partial charge in [0, 0.05) is 0 Å². The third kappa shape index (κ3) is 32.9. The molecule has 0 amide bonds. The van der Waals surface area contributed by atoms with E-state index < -0.39 is 0 Å². The first-order valence-electron chi connectivity index (χ1n) is 9.46. The SMILES string of the molecule is CC.CC.CC.Cc1cc[c-]cc1.Cc1cc[c-]cc1.[U+2].[V+2].[c-]1cc[c-]cc1. The van der Waals surface area contributed by atoms with Gasteiger partial charge in [0.1, 0.15) is 0 Å². The maximum atomic E-state index is 2.93. The molecule has 1 radical (unpaired) electrons. The third-order valence-electron chi connectivity index (χ3n) is 2.32. The largest absolute Gasteiger partial charge is 2.00 e. The summed E-state index contributed by atoms with van der Waals surface area (Å²) in [5, 5.41) is 0. The maximum Gasteiger partial charge on any atom is 2.00 e. The van der Waals surface area contributed by atoms with Gasteiger partial charge in [0.25, 0.3) is 0 Å². The van der Waals surface area contributed by atoms with Crippen molar-refractivity contribution in [3.05, 3.63) is 108 Å². The summed E-state index contributed by atoms with van der Waals surface area (Å²) in [4.78, 5) is 0. The van der Waals surface area contributed by atoms with Crippen molar-refractivity contribution in [2.75, 3.05) is 0 Å². The van der Waals surface area contributed by atoms with Crippen molar-refractivity contribution >= 4 is 0 Å². The summed E-state index contributed by atoms with van der Waals surface area (Å²) in [6, 6.07) is 34.6. The summed E-state index contributed by atoms with van der Waals surface area (Å²) in [7, 11) is 0. The van der Waals surface area contributed by atoms with Crippen LogP contribution >= 0.6 is 0 Å². The minimum Gasteiger partial charge on any atom is -0.319 e. The average Bonchev–Trinajstić information content (AvgIpc) is 2.76. The molecule has 0 atom stereocenters. The Morgan fingerprint density at radius 1 is 0.429 bits per heavy atom. The van der Waals surface area contributed by atoms with Gasteiger partial charge >= 0.3 is 49.7 Å². The molecule has 0 aliphatic heterocycles. The van der Waals surface area contributed by atoms with Gasteiger partial charge in [0.2, 0.25) is 0 Å². The zero-order valence-corrected chi connectivity index (χ0v) is 24.4. The van der Waals surface area contributed by atoms with E-state index in [0.717, 1.165) is 0 Å². The van der Waals surface area contributed by atoms with E-state index >= 15 is 0 Å². The number of hydrogen-bond acceptors (Lipinski definition) is 0. The molecule has 0 aromatic heterocycles. The van der Waals surface area contributed by atoms with Crippen LogP contribution in [0.5, 0.6) is 0 Å². The van der Waals surface area contributed by atoms with Crippen molar-refractivity contribution in [3.8, 4) is 0 Å². The van der Waals surface area contributed by atoms with Gasteiger partial charge in [-0.25, -0.2) is 0 Å². The molecule has 0 saturated heterocycles. The quantitative estimate of drug-likeness (QED) is 0.220. The third-order valence-corrected chi connectivity index (χ3v) is 2.32. The van der Waals surface area contributed by atoms with E-state index in [2.05, 4.69) is 38.1 Å². The molecule has 0 fully saturated rings. The molecule has 0 N–H and O–H groups in total. The molecule has 149 valence electrons. The van der Waals surface area contributed by atoms with E-state index in [1.807, 2.05) is 114 Å². The first kappa shape index (κ1) is 38.0. The molecule has 0 spiro atoms. The topological polar surface area (TPSA) is 0 Å². The van der Waals surface area contributed by atoms with Crippen LogP contribution in [0.15, 0.2) is 72.8 Å². The second kappa shape index (κ2) is 37.1. The molecule has 0 aliphatic carbocycles. The summed E-state index contributed by atoms with van der Waals surface area (Å²) < 4.78 is 0. The second-order valence-corrected chi connectivity index (χ2v) is 4.15. The van der Waals surface area contributed by atoms with Gasteiger partial charge in [-0.05, 0) is 0 Å². The normalized spacial score (nSPS) is 6.71. The van der Waals surface area contributed by atoms with Crippen LogP contribution in [0, 0.1) is 69.2 Å². The minimum atomic E-state index is 0. The smallest absolute Gasteiger partial charge is 0.319 e. The van der Waals surface area contributed by atoms with E-state index in [1.165, 1.54) is 11.1 Å². The number of benzene rings is 3. The Labute approximate surface area is 211 Å². The number of aryl methyl sites for hydroxylation is 2. The van der Waals surface area contributed by atoms with Crippen molar-refractivity contribution in [2.24, 2.45) is 0 Å². The van der Waals surface area contributed by atoms with E-state index in [-0.39, 0.29) is 49.7 Å². The van der Waals surface area contributed by atoms with Gasteiger partial charge in [-0.15, -0.1) is 0 Å². The fraction of sp³-hybridized carbons (Fsp3) is 0.308. The standard InChI is InChI=1S/2C7H7.C6H4.3C2H6.U.V/c2*1-7-5-3-2-4-6-7;1-2-4-6-5-3-1;3*1-2;;/h2*3-6H,1H3;1-2,5-6H;3*1-2H3;;/q2*-1;-2;;;;2*+2. The molecule has 28 heavy (non-hydrogen) atoms. The van der Waals surface area contributed by atoms with Crippen LogP contribution in [0.4, 0.5) is 0 Å². The second-order valence-electron chi connectivity index (χ2n) is 4.15. The summed E-state index contributed by atoms with van der Waals surface area (Å²) in [6.07, 6.45) is 0.